The number of rotatable bonds is 1. The summed E-state index contributed by atoms with van der Waals surface area (Å²) in [5.74, 6) is 0. The summed E-state index contributed by atoms with van der Waals surface area (Å²) in [4.78, 5) is 0. The third-order valence-corrected chi connectivity index (χ3v) is 0.391. The van der Waals surface area contributed by atoms with Gasteiger partial charge in [0.2, 0.25) is 0 Å². The Hall–Kier alpha value is -0.850. The normalized spacial score (nSPS) is 10.2. The maximum atomic E-state index is 11.1. The van der Waals surface area contributed by atoms with Gasteiger partial charge in [0, 0.05) is 6.04 Å². The summed E-state index contributed by atoms with van der Waals surface area (Å²) in [6.07, 6.45) is 0.273. The Kier molecular flexibility index (Phi) is 2.19. The fourth-order valence-corrected chi connectivity index (χ4v) is 0.151. The second-order valence-corrected chi connectivity index (χ2v) is 1.11. The standard InChI is InChI=1S/C4H4F3N/c1-2-8-3-4(5,6)7/h1,8H,3H2. The Morgan fingerprint density at radius 1 is 1.50 bits per heavy atom. The predicted molar refractivity (Wildman–Crippen MR) is 22.9 cm³/mol. The van der Waals surface area contributed by atoms with E-state index in [9.17, 15) is 13.2 Å². The van der Waals surface area contributed by atoms with Gasteiger partial charge in [0.1, 0.15) is 6.54 Å². The molecule has 0 saturated carbocycles. The van der Waals surface area contributed by atoms with Gasteiger partial charge in [0.05, 0.1) is 0 Å². The van der Waals surface area contributed by atoms with Crippen LogP contribution in [0.25, 0.3) is 0 Å². The van der Waals surface area contributed by atoms with Crippen molar-refractivity contribution in [2.75, 3.05) is 6.54 Å². The zero-order valence-corrected chi connectivity index (χ0v) is 3.92. The van der Waals surface area contributed by atoms with E-state index in [2.05, 4.69) is 6.42 Å². The van der Waals surface area contributed by atoms with Crippen molar-refractivity contribution in [3.63, 3.8) is 0 Å². The number of halogens is 3. The molecule has 0 saturated heterocycles. The van der Waals surface area contributed by atoms with Crippen LogP contribution in [0.3, 0.4) is 0 Å². The van der Waals surface area contributed by atoms with Gasteiger partial charge in [-0.2, -0.15) is 13.2 Å². The van der Waals surface area contributed by atoms with Gasteiger partial charge in [-0.3, -0.25) is 0 Å². The van der Waals surface area contributed by atoms with Crippen LogP contribution in [-0.4, -0.2) is 12.7 Å². The van der Waals surface area contributed by atoms with E-state index >= 15 is 0 Å². The van der Waals surface area contributed by atoms with Gasteiger partial charge in [0.15, 0.2) is 0 Å². The first-order chi connectivity index (χ1) is 3.56. The smallest absolute Gasteiger partial charge is 0.337 e. The zero-order chi connectivity index (χ0) is 6.62. The molecule has 0 fully saturated rings. The van der Waals surface area contributed by atoms with Crippen LogP contribution in [0.4, 0.5) is 13.2 Å². The number of hydrogen-bond acceptors (Lipinski definition) is 1. The molecule has 0 aliphatic heterocycles. The van der Waals surface area contributed by atoms with Crippen molar-refractivity contribution < 1.29 is 13.2 Å². The minimum atomic E-state index is -4.20. The van der Waals surface area contributed by atoms with Crippen molar-refractivity contribution in [3.05, 3.63) is 0 Å². The maximum absolute atomic E-state index is 11.1. The first-order valence-corrected chi connectivity index (χ1v) is 1.81. The second-order valence-electron chi connectivity index (χ2n) is 1.11. The molecular formula is C4H4F3N. The lowest BCUT2D eigenvalue weighted by atomic mass is 10.6. The Labute approximate surface area is 44.9 Å². The van der Waals surface area contributed by atoms with Crippen molar-refractivity contribution in [3.8, 4) is 12.5 Å². The van der Waals surface area contributed by atoms with Crippen molar-refractivity contribution in [2.45, 2.75) is 6.18 Å². The summed E-state index contributed by atoms with van der Waals surface area (Å²) in [6.45, 7) is -1.12. The van der Waals surface area contributed by atoms with Crippen molar-refractivity contribution in [1.29, 1.82) is 0 Å². The van der Waals surface area contributed by atoms with Gasteiger partial charge in [-0.1, -0.05) is 6.42 Å². The predicted octanol–water partition coefficient (Wildman–Crippen LogP) is 0.729. The molecule has 0 rings (SSSR count). The highest BCUT2D eigenvalue weighted by atomic mass is 19.4. The van der Waals surface area contributed by atoms with E-state index in [1.165, 1.54) is 0 Å². The minimum Gasteiger partial charge on any atom is -0.337 e. The van der Waals surface area contributed by atoms with Crippen LogP contribution >= 0.6 is 0 Å². The molecule has 46 valence electrons. The molecule has 4 heteroatoms. The first kappa shape index (κ1) is 7.15. The molecule has 0 aromatic carbocycles. The highest BCUT2D eigenvalue weighted by Crippen LogP contribution is 2.11. The van der Waals surface area contributed by atoms with E-state index in [1.807, 2.05) is 0 Å². The van der Waals surface area contributed by atoms with E-state index in [-0.39, 0.29) is 0 Å². The van der Waals surface area contributed by atoms with Crippen molar-refractivity contribution >= 4 is 0 Å². The molecule has 0 bridgehead atoms. The van der Waals surface area contributed by atoms with Crippen LogP contribution in [0, 0.1) is 12.5 Å². The number of alkyl halides is 3. The molecule has 0 spiro atoms. The van der Waals surface area contributed by atoms with Crippen LogP contribution < -0.4 is 5.32 Å². The van der Waals surface area contributed by atoms with E-state index in [4.69, 9.17) is 0 Å². The maximum Gasteiger partial charge on any atom is 0.406 e. The molecule has 0 unspecified atom stereocenters. The highest BCUT2D eigenvalue weighted by Gasteiger charge is 2.25. The molecule has 0 aliphatic rings. The topological polar surface area (TPSA) is 12.0 Å². The van der Waals surface area contributed by atoms with Crippen LogP contribution in [0.5, 0.6) is 0 Å². The van der Waals surface area contributed by atoms with Gasteiger partial charge in [-0.25, -0.2) is 0 Å². The summed E-state index contributed by atoms with van der Waals surface area (Å²) >= 11 is 0. The molecule has 0 aromatic rings. The molecule has 1 N–H and O–H groups in total. The van der Waals surface area contributed by atoms with E-state index in [0.717, 1.165) is 0 Å². The van der Waals surface area contributed by atoms with Gasteiger partial charge in [0.25, 0.3) is 0 Å². The third-order valence-electron chi connectivity index (χ3n) is 0.391. The average Bonchev–Trinajstić information content (AvgIpc) is 1.59. The summed E-state index contributed by atoms with van der Waals surface area (Å²) in [5.41, 5.74) is 0. The molecule has 0 aliphatic carbocycles. The average molecular weight is 123 g/mol. The van der Waals surface area contributed by atoms with Gasteiger partial charge < -0.3 is 5.32 Å². The van der Waals surface area contributed by atoms with Crippen LogP contribution in [0.2, 0.25) is 0 Å². The van der Waals surface area contributed by atoms with E-state index < -0.39 is 12.7 Å². The molecule has 0 radical (unpaired) electrons. The summed E-state index contributed by atoms with van der Waals surface area (Å²) in [6, 6.07) is 1.65. The van der Waals surface area contributed by atoms with Crippen molar-refractivity contribution in [1.82, 2.24) is 5.32 Å². The Morgan fingerprint density at radius 3 is 2.12 bits per heavy atom. The Balaban J connectivity index is 3.28. The lowest BCUT2D eigenvalue weighted by molar-refractivity contribution is -0.122. The van der Waals surface area contributed by atoms with E-state index in [1.54, 1.807) is 11.4 Å². The molecule has 0 amide bonds. The summed E-state index contributed by atoms with van der Waals surface area (Å²) in [7, 11) is 0. The SMILES string of the molecule is C#CNCC(F)(F)F. The van der Waals surface area contributed by atoms with Crippen LogP contribution in [-0.2, 0) is 0 Å². The van der Waals surface area contributed by atoms with E-state index in [0.29, 0.717) is 0 Å². The highest BCUT2D eigenvalue weighted by molar-refractivity contribution is 4.80. The fourth-order valence-electron chi connectivity index (χ4n) is 0.151. The first-order valence-electron chi connectivity index (χ1n) is 1.81. The zero-order valence-electron chi connectivity index (χ0n) is 3.92. The molecule has 1 nitrogen and oxygen atoms in total. The Bertz CT molecular complexity index is 98.8. The van der Waals surface area contributed by atoms with Crippen LogP contribution in [0.15, 0.2) is 0 Å². The minimum absolute atomic E-state index is 1.12. The quantitative estimate of drug-likeness (QED) is 0.400. The van der Waals surface area contributed by atoms with Gasteiger partial charge in [-0.15, -0.1) is 0 Å². The number of nitrogens with one attached hydrogen (secondary N) is 1. The summed E-state index contributed by atoms with van der Waals surface area (Å²) in [5, 5.41) is 1.69. The largest absolute Gasteiger partial charge is 0.406 e. The third kappa shape index (κ3) is 5.15. The van der Waals surface area contributed by atoms with Crippen LogP contribution in [0.1, 0.15) is 0 Å². The van der Waals surface area contributed by atoms with Gasteiger partial charge in [-0.05, 0) is 0 Å². The molecule has 0 atom stereocenters. The fraction of sp³-hybridized carbons (Fsp3) is 0.500. The Morgan fingerprint density at radius 2 is 2.00 bits per heavy atom. The molecule has 0 heterocycles. The monoisotopic (exact) mass is 123 g/mol. The lowest BCUT2D eigenvalue weighted by Crippen LogP contribution is -2.24. The second kappa shape index (κ2) is 2.46. The summed E-state index contributed by atoms with van der Waals surface area (Å²) < 4.78 is 33.3. The molecule has 0 aromatic heterocycles. The van der Waals surface area contributed by atoms with Gasteiger partial charge >= 0.3 is 6.18 Å². The number of hydrogen-bond donors (Lipinski definition) is 1. The number of terminal acetylenes is 1. The molecular weight excluding hydrogens is 119 g/mol. The van der Waals surface area contributed by atoms with Crippen molar-refractivity contribution in [2.24, 2.45) is 0 Å². The molecule has 8 heavy (non-hydrogen) atoms. The lowest BCUT2D eigenvalue weighted by Gasteiger charge is -2.01.